The molecular weight excluding hydrogens is 199 g/mol. The van der Waals surface area contributed by atoms with E-state index in [2.05, 4.69) is 5.92 Å². The van der Waals surface area contributed by atoms with Gasteiger partial charge in [-0.3, -0.25) is 4.79 Å². The number of alkyl halides is 3. The van der Waals surface area contributed by atoms with Crippen molar-refractivity contribution in [3.8, 4) is 12.3 Å². The molecule has 0 radical (unpaired) electrons. The number of amides is 1. The van der Waals surface area contributed by atoms with Crippen molar-refractivity contribution < 1.29 is 23.1 Å². The Hall–Kier alpha value is -1.22. The average molecular weight is 209 g/mol. The topological polar surface area (TPSA) is 49.3 Å². The maximum Gasteiger partial charge on any atom is 0.416 e. The van der Waals surface area contributed by atoms with Crippen LogP contribution in [0.25, 0.3) is 0 Å². The summed E-state index contributed by atoms with van der Waals surface area (Å²) >= 11 is 0. The molecule has 0 aliphatic rings. The van der Waals surface area contributed by atoms with Crippen LogP contribution >= 0.6 is 0 Å². The van der Waals surface area contributed by atoms with Crippen molar-refractivity contribution in [2.45, 2.75) is 25.1 Å². The summed E-state index contributed by atoms with van der Waals surface area (Å²) in [5.41, 5.74) is 0. The predicted molar refractivity (Wildman–Crippen MR) is 43.1 cm³/mol. The number of aliphatic hydroxyl groups excluding tert-OH is 1. The minimum Gasteiger partial charge on any atom is -0.382 e. The summed E-state index contributed by atoms with van der Waals surface area (Å²) in [5.74, 6) is 1.57. The Morgan fingerprint density at radius 3 is 2.57 bits per heavy atom. The lowest BCUT2D eigenvalue weighted by Crippen LogP contribution is -2.40. The van der Waals surface area contributed by atoms with Crippen molar-refractivity contribution in [1.29, 1.82) is 0 Å². The van der Waals surface area contributed by atoms with E-state index in [1.165, 1.54) is 0 Å². The molecule has 0 aromatic rings. The molecule has 0 fully saturated rings. The van der Waals surface area contributed by atoms with Gasteiger partial charge in [-0.1, -0.05) is 0 Å². The van der Waals surface area contributed by atoms with Gasteiger partial charge in [0.1, 0.15) is 0 Å². The van der Waals surface area contributed by atoms with Crippen molar-refractivity contribution >= 4 is 5.91 Å². The fourth-order valence-electron chi connectivity index (χ4n) is 0.600. The van der Waals surface area contributed by atoms with Gasteiger partial charge < -0.3 is 10.4 Å². The second kappa shape index (κ2) is 5.50. The number of carbonyl (C=O) groups excluding carboxylic acids is 1. The summed E-state index contributed by atoms with van der Waals surface area (Å²) in [4.78, 5) is 10.7. The van der Waals surface area contributed by atoms with E-state index in [0.717, 1.165) is 0 Å². The zero-order valence-corrected chi connectivity index (χ0v) is 7.27. The highest BCUT2D eigenvalue weighted by Crippen LogP contribution is 2.19. The predicted octanol–water partition coefficient (Wildman–Crippen LogP) is 0.439. The molecule has 0 rings (SSSR count). The molecule has 0 saturated carbocycles. The zero-order valence-electron chi connectivity index (χ0n) is 7.27. The minimum absolute atomic E-state index is 0.0406. The highest BCUT2D eigenvalue weighted by Gasteiger charge is 2.38. The normalized spacial score (nSPS) is 13.1. The van der Waals surface area contributed by atoms with Gasteiger partial charge in [0, 0.05) is 12.8 Å². The third kappa shape index (κ3) is 5.43. The number of terminal acetylenes is 1. The quantitative estimate of drug-likeness (QED) is 0.660. The van der Waals surface area contributed by atoms with Gasteiger partial charge in [-0.25, -0.2) is 0 Å². The molecule has 0 bridgehead atoms. The van der Waals surface area contributed by atoms with Crippen molar-refractivity contribution in [3.05, 3.63) is 0 Å². The van der Waals surface area contributed by atoms with Crippen LogP contribution in [0, 0.1) is 12.3 Å². The first-order valence-electron chi connectivity index (χ1n) is 3.83. The van der Waals surface area contributed by atoms with Gasteiger partial charge in [0.2, 0.25) is 5.91 Å². The lowest BCUT2D eigenvalue weighted by Gasteiger charge is -2.14. The van der Waals surface area contributed by atoms with Crippen LogP contribution in [0.4, 0.5) is 13.2 Å². The molecule has 0 aromatic carbocycles. The van der Waals surface area contributed by atoms with Crippen LogP contribution in [0.1, 0.15) is 12.8 Å². The first-order valence-corrected chi connectivity index (χ1v) is 3.83. The van der Waals surface area contributed by atoms with E-state index in [-0.39, 0.29) is 12.8 Å². The van der Waals surface area contributed by atoms with Crippen molar-refractivity contribution in [1.82, 2.24) is 5.32 Å². The number of rotatable bonds is 4. The van der Waals surface area contributed by atoms with Gasteiger partial charge in [0.05, 0.1) is 6.54 Å². The Bertz CT molecular complexity index is 232. The van der Waals surface area contributed by atoms with E-state index in [1.807, 2.05) is 5.32 Å². The molecular formula is C8H10F3NO2. The summed E-state index contributed by atoms with van der Waals surface area (Å²) in [6.45, 7) is -0.840. The van der Waals surface area contributed by atoms with E-state index in [9.17, 15) is 18.0 Å². The second-order valence-corrected chi connectivity index (χ2v) is 2.57. The fourth-order valence-corrected chi connectivity index (χ4v) is 0.600. The third-order valence-electron chi connectivity index (χ3n) is 1.37. The number of nitrogens with one attached hydrogen (secondary N) is 1. The molecule has 0 aromatic heterocycles. The number of halogens is 3. The zero-order chi connectivity index (χ0) is 11.2. The monoisotopic (exact) mass is 209 g/mol. The Labute approximate surface area is 79.3 Å². The summed E-state index contributed by atoms with van der Waals surface area (Å²) < 4.78 is 35.2. The van der Waals surface area contributed by atoms with E-state index >= 15 is 0 Å². The van der Waals surface area contributed by atoms with Crippen LogP contribution in [-0.4, -0.2) is 29.8 Å². The van der Waals surface area contributed by atoms with Crippen LogP contribution in [-0.2, 0) is 4.79 Å². The van der Waals surface area contributed by atoms with Gasteiger partial charge in [0.15, 0.2) is 6.10 Å². The molecule has 1 amide bonds. The molecule has 0 aliphatic heterocycles. The van der Waals surface area contributed by atoms with Crippen LogP contribution in [0.3, 0.4) is 0 Å². The Kier molecular flexibility index (Phi) is 5.02. The Morgan fingerprint density at radius 1 is 1.57 bits per heavy atom. The van der Waals surface area contributed by atoms with Crippen molar-refractivity contribution in [2.24, 2.45) is 0 Å². The highest BCUT2D eigenvalue weighted by molar-refractivity contribution is 5.76. The van der Waals surface area contributed by atoms with E-state index in [1.54, 1.807) is 0 Å². The maximum atomic E-state index is 11.7. The highest BCUT2D eigenvalue weighted by atomic mass is 19.4. The molecule has 6 heteroatoms. The lowest BCUT2D eigenvalue weighted by atomic mass is 10.3. The van der Waals surface area contributed by atoms with E-state index < -0.39 is 24.7 Å². The molecule has 3 nitrogen and oxygen atoms in total. The molecule has 0 aliphatic carbocycles. The van der Waals surface area contributed by atoms with Gasteiger partial charge in [-0.15, -0.1) is 12.3 Å². The summed E-state index contributed by atoms with van der Waals surface area (Å²) in [5, 5.41) is 10.4. The van der Waals surface area contributed by atoms with Crippen LogP contribution in [0.15, 0.2) is 0 Å². The molecule has 0 saturated heterocycles. The Balaban J connectivity index is 3.73. The molecule has 1 atom stereocenters. The number of aliphatic hydroxyl groups is 1. The minimum atomic E-state index is -4.71. The fraction of sp³-hybridized carbons (Fsp3) is 0.625. The molecule has 80 valence electrons. The largest absolute Gasteiger partial charge is 0.416 e. The first kappa shape index (κ1) is 12.8. The van der Waals surface area contributed by atoms with Gasteiger partial charge in [0.25, 0.3) is 0 Å². The Morgan fingerprint density at radius 2 is 2.14 bits per heavy atom. The number of hydrogen-bond acceptors (Lipinski definition) is 2. The lowest BCUT2D eigenvalue weighted by molar-refractivity contribution is -0.201. The SMILES string of the molecule is C#CCCC(=O)NCC(O)C(F)(F)F. The van der Waals surface area contributed by atoms with Crippen LogP contribution < -0.4 is 5.32 Å². The number of carbonyl (C=O) groups is 1. The van der Waals surface area contributed by atoms with Crippen molar-refractivity contribution in [3.63, 3.8) is 0 Å². The maximum absolute atomic E-state index is 11.7. The smallest absolute Gasteiger partial charge is 0.382 e. The molecule has 0 spiro atoms. The standard InChI is InChI=1S/C8H10F3NO2/c1-2-3-4-7(14)12-5-6(13)8(9,10)11/h1,6,13H,3-5H2,(H,12,14). The van der Waals surface area contributed by atoms with E-state index in [4.69, 9.17) is 11.5 Å². The van der Waals surface area contributed by atoms with Crippen LogP contribution in [0.2, 0.25) is 0 Å². The first-order chi connectivity index (χ1) is 6.38. The third-order valence-corrected chi connectivity index (χ3v) is 1.37. The summed E-state index contributed by atoms with van der Waals surface area (Å²) in [6, 6.07) is 0. The van der Waals surface area contributed by atoms with Gasteiger partial charge in [-0.05, 0) is 0 Å². The second-order valence-electron chi connectivity index (χ2n) is 2.57. The summed E-state index contributed by atoms with van der Waals surface area (Å²) in [7, 11) is 0. The summed E-state index contributed by atoms with van der Waals surface area (Å²) in [6.07, 6.45) is -2.28. The molecule has 0 heterocycles. The van der Waals surface area contributed by atoms with Crippen molar-refractivity contribution in [2.75, 3.05) is 6.54 Å². The molecule has 14 heavy (non-hydrogen) atoms. The number of hydrogen-bond donors (Lipinski definition) is 2. The molecule has 2 N–H and O–H groups in total. The van der Waals surface area contributed by atoms with Gasteiger partial charge in [-0.2, -0.15) is 13.2 Å². The molecule has 1 unspecified atom stereocenters. The van der Waals surface area contributed by atoms with Gasteiger partial charge >= 0.3 is 6.18 Å². The average Bonchev–Trinajstić information content (AvgIpc) is 2.09. The van der Waals surface area contributed by atoms with E-state index in [0.29, 0.717) is 0 Å². The van der Waals surface area contributed by atoms with Crippen LogP contribution in [0.5, 0.6) is 0 Å².